The second-order valence-electron chi connectivity index (χ2n) is 2.90. The zero-order valence-corrected chi connectivity index (χ0v) is 8.07. The predicted octanol–water partition coefficient (Wildman–Crippen LogP) is 1.69. The van der Waals surface area contributed by atoms with Crippen molar-refractivity contribution in [2.75, 3.05) is 11.5 Å². The van der Waals surface area contributed by atoms with Crippen LogP contribution < -0.4 is 11.5 Å². The fraction of sp³-hybridized carbons (Fsp3) is 0. The van der Waals surface area contributed by atoms with Crippen LogP contribution in [0, 0.1) is 0 Å². The van der Waals surface area contributed by atoms with E-state index in [1.54, 1.807) is 35.4 Å². The molecular weight excluding hydrogens is 200 g/mol. The van der Waals surface area contributed by atoms with Gasteiger partial charge in [0.1, 0.15) is 0 Å². The van der Waals surface area contributed by atoms with Gasteiger partial charge in [0.25, 0.3) is 0 Å². The van der Waals surface area contributed by atoms with E-state index in [-0.39, 0.29) is 0 Å². The van der Waals surface area contributed by atoms with Crippen LogP contribution in [0.1, 0.15) is 0 Å². The standard InChI is InChI=1S/C9H9ClN4/c10-6-3-7(11)8(12)4-9(6)14-2-1-13-5-14/h1-5H,11-12H2. The minimum atomic E-state index is 0.485. The number of anilines is 2. The van der Waals surface area contributed by atoms with Crippen LogP contribution in [0.3, 0.4) is 0 Å². The third-order valence-corrected chi connectivity index (χ3v) is 2.24. The number of nitrogens with two attached hydrogens (primary N) is 2. The molecule has 0 atom stereocenters. The average Bonchev–Trinajstić information content (AvgIpc) is 2.64. The molecule has 5 heteroatoms. The van der Waals surface area contributed by atoms with E-state index in [2.05, 4.69) is 4.98 Å². The minimum absolute atomic E-state index is 0.485. The maximum Gasteiger partial charge on any atom is 0.0992 e. The van der Waals surface area contributed by atoms with Gasteiger partial charge in [-0.1, -0.05) is 11.6 Å². The molecule has 1 aromatic heterocycles. The summed E-state index contributed by atoms with van der Waals surface area (Å²) >= 11 is 6.01. The molecular formula is C9H9ClN4. The number of rotatable bonds is 1. The summed E-state index contributed by atoms with van der Waals surface area (Å²) < 4.78 is 1.78. The molecule has 4 nitrogen and oxygen atoms in total. The quantitative estimate of drug-likeness (QED) is 0.701. The summed E-state index contributed by atoms with van der Waals surface area (Å²) in [4.78, 5) is 3.92. The maximum absolute atomic E-state index is 6.01. The smallest absolute Gasteiger partial charge is 0.0992 e. The number of imidazole rings is 1. The summed E-state index contributed by atoms with van der Waals surface area (Å²) in [5.41, 5.74) is 13.1. The van der Waals surface area contributed by atoms with Crippen molar-refractivity contribution in [1.82, 2.24) is 9.55 Å². The molecule has 14 heavy (non-hydrogen) atoms. The van der Waals surface area contributed by atoms with Gasteiger partial charge in [-0.3, -0.25) is 0 Å². The van der Waals surface area contributed by atoms with Gasteiger partial charge in [0, 0.05) is 12.4 Å². The summed E-state index contributed by atoms with van der Waals surface area (Å²) in [6.07, 6.45) is 5.11. The van der Waals surface area contributed by atoms with Crippen molar-refractivity contribution >= 4 is 23.0 Å². The first-order chi connectivity index (χ1) is 6.68. The molecule has 0 bridgehead atoms. The number of nitrogen functional groups attached to an aromatic ring is 2. The highest BCUT2D eigenvalue weighted by Gasteiger charge is 2.05. The highest BCUT2D eigenvalue weighted by molar-refractivity contribution is 6.32. The largest absolute Gasteiger partial charge is 0.397 e. The van der Waals surface area contributed by atoms with E-state index in [0.717, 1.165) is 5.69 Å². The molecule has 2 aromatic rings. The molecule has 0 radical (unpaired) electrons. The van der Waals surface area contributed by atoms with Gasteiger partial charge in [-0.2, -0.15) is 0 Å². The van der Waals surface area contributed by atoms with Crippen molar-refractivity contribution in [2.45, 2.75) is 0 Å². The van der Waals surface area contributed by atoms with E-state index in [9.17, 15) is 0 Å². The minimum Gasteiger partial charge on any atom is -0.397 e. The van der Waals surface area contributed by atoms with E-state index in [4.69, 9.17) is 23.1 Å². The van der Waals surface area contributed by atoms with Crippen LogP contribution in [0.2, 0.25) is 5.02 Å². The fourth-order valence-electron chi connectivity index (χ4n) is 1.19. The molecule has 0 aliphatic heterocycles. The molecule has 0 fully saturated rings. The Morgan fingerprint density at radius 1 is 1.21 bits per heavy atom. The lowest BCUT2D eigenvalue weighted by Gasteiger charge is -2.08. The number of aromatic nitrogens is 2. The van der Waals surface area contributed by atoms with Crippen LogP contribution in [0.4, 0.5) is 11.4 Å². The first-order valence-corrected chi connectivity index (χ1v) is 4.39. The summed E-state index contributed by atoms with van der Waals surface area (Å²) in [5.74, 6) is 0. The Morgan fingerprint density at radius 3 is 2.57 bits per heavy atom. The van der Waals surface area contributed by atoms with Gasteiger partial charge in [0.2, 0.25) is 0 Å². The van der Waals surface area contributed by atoms with Gasteiger partial charge in [-0.25, -0.2) is 4.98 Å². The lowest BCUT2D eigenvalue weighted by Crippen LogP contribution is -1.98. The van der Waals surface area contributed by atoms with E-state index in [0.29, 0.717) is 16.4 Å². The normalized spacial score (nSPS) is 10.4. The average molecular weight is 209 g/mol. The van der Waals surface area contributed by atoms with Crippen LogP contribution in [-0.4, -0.2) is 9.55 Å². The van der Waals surface area contributed by atoms with Gasteiger partial charge < -0.3 is 16.0 Å². The topological polar surface area (TPSA) is 69.9 Å². The van der Waals surface area contributed by atoms with Crippen LogP contribution in [0.25, 0.3) is 5.69 Å². The molecule has 0 amide bonds. The lowest BCUT2D eigenvalue weighted by atomic mass is 10.2. The van der Waals surface area contributed by atoms with Crippen molar-refractivity contribution in [1.29, 1.82) is 0 Å². The molecule has 2 rings (SSSR count). The van der Waals surface area contributed by atoms with E-state index in [1.165, 1.54) is 0 Å². The predicted molar refractivity (Wildman–Crippen MR) is 57.4 cm³/mol. The highest BCUT2D eigenvalue weighted by atomic mass is 35.5. The van der Waals surface area contributed by atoms with Crippen molar-refractivity contribution in [2.24, 2.45) is 0 Å². The Hall–Kier alpha value is -1.68. The highest BCUT2D eigenvalue weighted by Crippen LogP contribution is 2.27. The zero-order valence-electron chi connectivity index (χ0n) is 7.31. The van der Waals surface area contributed by atoms with Crippen LogP contribution >= 0.6 is 11.6 Å². The van der Waals surface area contributed by atoms with Crippen molar-refractivity contribution < 1.29 is 0 Å². The van der Waals surface area contributed by atoms with Crippen LogP contribution in [-0.2, 0) is 0 Å². The van der Waals surface area contributed by atoms with Gasteiger partial charge >= 0.3 is 0 Å². The van der Waals surface area contributed by atoms with Crippen molar-refractivity contribution in [3.8, 4) is 5.69 Å². The molecule has 72 valence electrons. The van der Waals surface area contributed by atoms with Crippen molar-refractivity contribution in [3.05, 3.63) is 35.9 Å². The molecule has 0 saturated heterocycles. The Bertz CT molecular complexity index is 450. The summed E-state index contributed by atoms with van der Waals surface area (Å²) in [7, 11) is 0. The van der Waals surface area contributed by atoms with Gasteiger partial charge in [-0.15, -0.1) is 0 Å². The first kappa shape index (κ1) is 8.90. The summed E-state index contributed by atoms with van der Waals surface area (Å²) in [6, 6.07) is 3.35. The van der Waals surface area contributed by atoms with Crippen molar-refractivity contribution in [3.63, 3.8) is 0 Å². The second-order valence-corrected chi connectivity index (χ2v) is 3.31. The summed E-state index contributed by atoms with van der Waals surface area (Å²) in [5, 5.41) is 0.551. The molecule has 4 N–H and O–H groups in total. The zero-order chi connectivity index (χ0) is 10.1. The molecule has 0 spiro atoms. The Balaban J connectivity index is 2.60. The van der Waals surface area contributed by atoms with Gasteiger partial charge in [-0.05, 0) is 12.1 Å². The van der Waals surface area contributed by atoms with Crippen LogP contribution in [0.5, 0.6) is 0 Å². The number of hydrogen-bond donors (Lipinski definition) is 2. The molecule has 0 unspecified atom stereocenters. The molecule has 0 aliphatic carbocycles. The SMILES string of the molecule is Nc1cc(Cl)c(-n2ccnc2)cc1N. The first-order valence-electron chi connectivity index (χ1n) is 4.01. The lowest BCUT2D eigenvalue weighted by molar-refractivity contribution is 1.06. The number of nitrogens with zero attached hydrogens (tertiary/aromatic N) is 2. The molecule has 0 aliphatic rings. The molecule has 0 saturated carbocycles. The molecule has 1 aromatic carbocycles. The van der Waals surface area contributed by atoms with E-state index in [1.807, 2.05) is 0 Å². The molecule has 1 heterocycles. The van der Waals surface area contributed by atoms with Gasteiger partial charge in [0.15, 0.2) is 0 Å². The summed E-state index contributed by atoms with van der Waals surface area (Å²) in [6.45, 7) is 0. The number of hydrogen-bond acceptors (Lipinski definition) is 3. The monoisotopic (exact) mass is 208 g/mol. The van der Waals surface area contributed by atoms with E-state index < -0.39 is 0 Å². The maximum atomic E-state index is 6.01. The Morgan fingerprint density at radius 2 is 1.93 bits per heavy atom. The second kappa shape index (κ2) is 3.23. The number of benzene rings is 1. The van der Waals surface area contributed by atoms with E-state index >= 15 is 0 Å². The number of halogens is 1. The van der Waals surface area contributed by atoms with Crippen LogP contribution in [0.15, 0.2) is 30.9 Å². The fourth-order valence-corrected chi connectivity index (χ4v) is 1.46. The third-order valence-electron chi connectivity index (χ3n) is 1.94. The third kappa shape index (κ3) is 1.40. The Labute approximate surface area is 86.1 Å². The van der Waals surface area contributed by atoms with Gasteiger partial charge in [0.05, 0.1) is 28.4 Å². The Kier molecular flexibility index (Phi) is 2.05.